The third-order valence-corrected chi connectivity index (χ3v) is 2.71. The van der Waals surface area contributed by atoms with Gasteiger partial charge in [0.25, 0.3) is 5.91 Å². The molecule has 1 rings (SSSR count). The zero-order valence-corrected chi connectivity index (χ0v) is 12.1. The maximum Gasteiger partial charge on any atom is 0.433 e. The Hall–Kier alpha value is -2.65. The number of carbonyl (C=O) groups excluding carboxylic acids is 3. The predicted molar refractivity (Wildman–Crippen MR) is 69.1 cm³/mol. The molecule has 0 aliphatic heterocycles. The van der Waals surface area contributed by atoms with Crippen molar-refractivity contribution in [2.75, 3.05) is 14.2 Å². The van der Waals surface area contributed by atoms with E-state index >= 15 is 0 Å². The molecule has 23 heavy (non-hydrogen) atoms. The van der Waals surface area contributed by atoms with Crippen molar-refractivity contribution in [2.24, 2.45) is 0 Å². The molecule has 0 aliphatic carbocycles. The molecule has 1 N–H and O–H groups in total. The molecule has 126 valence electrons. The number of carbonyl (C=O) groups is 3. The molecule has 0 aromatic carbocycles. The number of aromatic nitrogens is 1. The number of nitrogens with one attached hydrogen (secondary N) is 1. The second kappa shape index (κ2) is 7.56. The Balaban J connectivity index is 2.86. The molecule has 1 amide bonds. The number of halogens is 3. The lowest BCUT2D eigenvalue weighted by Gasteiger charge is -2.15. The highest BCUT2D eigenvalue weighted by molar-refractivity contribution is 5.97. The third-order valence-electron chi connectivity index (χ3n) is 2.71. The van der Waals surface area contributed by atoms with Crippen LogP contribution in [0.1, 0.15) is 22.5 Å². The summed E-state index contributed by atoms with van der Waals surface area (Å²) in [5.74, 6) is -2.56. The van der Waals surface area contributed by atoms with Gasteiger partial charge in [-0.1, -0.05) is 0 Å². The summed E-state index contributed by atoms with van der Waals surface area (Å²) in [6, 6.07) is 0.197. The van der Waals surface area contributed by atoms with Crippen molar-refractivity contribution >= 4 is 17.8 Å². The van der Waals surface area contributed by atoms with Crippen molar-refractivity contribution in [3.8, 4) is 0 Å². The minimum absolute atomic E-state index is 0.211. The highest BCUT2D eigenvalue weighted by atomic mass is 19.4. The minimum atomic E-state index is -4.63. The molecule has 1 heterocycles. The normalized spacial score (nSPS) is 12.2. The summed E-state index contributed by atoms with van der Waals surface area (Å²) in [6.45, 7) is 0. The second-order valence-corrected chi connectivity index (χ2v) is 4.26. The molecule has 0 unspecified atom stereocenters. The molecular formula is C13H13F3N2O5. The summed E-state index contributed by atoms with van der Waals surface area (Å²) >= 11 is 0. The van der Waals surface area contributed by atoms with E-state index in [0.717, 1.165) is 20.3 Å². The Morgan fingerprint density at radius 1 is 1.22 bits per heavy atom. The molecule has 0 saturated carbocycles. The zero-order chi connectivity index (χ0) is 17.6. The van der Waals surface area contributed by atoms with Crippen molar-refractivity contribution < 1.29 is 37.0 Å². The van der Waals surface area contributed by atoms with Gasteiger partial charge in [0.05, 0.1) is 26.2 Å². The minimum Gasteiger partial charge on any atom is -0.469 e. The highest BCUT2D eigenvalue weighted by Crippen LogP contribution is 2.27. The van der Waals surface area contributed by atoms with E-state index in [1.807, 2.05) is 0 Å². The van der Waals surface area contributed by atoms with E-state index in [-0.39, 0.29) is 5.56 Å². The summed E-state index contributed by atoms with van der Waals surface area (Å²) in [6.07, 6.45) is -4.40. The summed E-state index contributed by atoms with van der Waals surface area (Å²) in [5, 5.41) is 2.17. The van der Waals surface area contributed by atoms with Gasteiger partial charge >= 0.3 is 18.1 Å². The molecule has 0 saturated heterocycles. The Labute approximate surface area is 128 Å². The fourth-order valence-electron chi connectivity index (χ4n) is 1.52. The van der Waals surface area contributed by atoms with E-state index in [4.69, 9.17) is 0 Å². The van der Waals surface area contributed by atoms with Crippen LogP contribution in [-0.4, -0.2) is 43.1 Å². The quantitative estimate of drug-likeness (QED) is 0.805. The number of rotatable bonds is 5. The molecule has 0 fully saturated rings. The zero-order valence-electron chi connectivity index (χ0n) is 12.1. The third kappa shape index (κ3) is 5.24. The number of nitrogens with zero attached hydrogens (tertiary/aromatic N) is 1. The van der Waals surface area contributed by atoms with Crippen molar-refractivity contribution in [1.82, 2.24) is 10.3 Å². The van der Waals surface area contributed by atoms with Crippen LogP contribution >= 0.6 is 0 Å². The molecule has 0 aliphatic rings. The van der Waals surface area contributed by atoms with Crippen LogP contribution in [-0.2, 0) is 25.2 Å². The number of ether oxygens (including phenoxy) is 2. The van der Waals surface area contributed by atoms with Crippen LogP contribution in [0.4, 0.5) is 13.2 Å². The second-order valence-electron chi connectivity index (χ2n) is 4.26. The van der Waals surface area contributed by atoms with E-state index in [9.17, 15) is 27.6 Å². The van der Waals surface area contributed by atoms with Gasteiger partial charge in [-0.05, 0) is 12.1 Å². The number of esters is 2. The van der Waals surface area contributed by atoms with Crippen molar-refractivity contribution in [2.45, 2.75) is 18.6 Å². The van der Waals surface area contributed by atoms with Gasteiger partial charge in [-0.2, -0.15) is 13.2 Å². The Morgan fingerprint density at radius 3 is 2.30 bits per heavy atom. The number of alkyl halides is 3. The lowest BCUT2D eigenvalue weighted by Crippen LogP contribution is -2.43. The Bertz CT molecular complexity index is 586. The largest absolute Gasteiger partial charge is 0.469 e. The highest BCUT2D eigenvalue weighted by Gasteiger charge is 2.32. The van der Waals surface area contributed by atoms with Crippen molar-refractivity contribution in [3.63, 3.8) is 0 Å². The molecule has 1 aromatic heterocycles. The first-order valence-corrected chi connectivity index (χ1v) is 6.17. The monoisotopic (exact) mass is 334 g/mol. The van der Waals surface area contributed by atoms with Crippen LogP contribution in [0, 0.1) is 0 Å². The van der Waals surface area contributed by atoms with Crippen LogP contribution in [0.5, 0.6) is 0 Å². The fraction of sp³-hybridized carbons (Fsp3) is 0.385. The van der Waals surface area contributed by atoms with E-state index in [1.54, 1.807) is 0 Å². The predicted octanol–water partition coefficient (Wildman–Crippen LogP) is 0.935. The number of methoxy groups -OCH3 is 2. The number of pyridine rings is 1. The van der Waals surface area contributed by atoms with Crippen LogP contribution in [0.15, 0.2) is 18.3 Å². The topological polar surface area (TPSA) is 94.6 Å². The number of hydrogen-bond donors (Lipinski definition) is 1. The Kier molecular flexibility index (Phi) is 6.05. The SMILES string of the molecule is COC(=O)C[C@H](NC(=O)c1ccc(C(F)(F)F)nc1)C(=O)OC. The van der Waals surface area contributed by atoms with Gasteiger partial charge in [0.1, 0.15) is 11.7 Å². The average Bonchev–Trinajstić information content (AvgIpc) is 2.52. The van der Waals surface area contributed by atoms with Crippen LogP contribution < -0.4 is 5.32 Å². The van der Waals surface area contributed by atoms with Gasteiger partial charge in [0, 0.05) is 6.20 Å². The fourth-order valence-corrected chi connectivity index (χ4v) is 1.52. The van der Waals surface area contributed by atoms with E-state index in [2.05, 4.69) is 19.8 Å². The van der Waals surface area contributed by atoms with Gasteiger partial charge in [-0.25, -0.2) is 4.79 Å². The van der Waals surface area contributed by atoms with Crippen LogP contribution in [0.3, 0.4) is 0 Å². The summed E-state index contributed by atoms with van der Waals surface area (Å²) in [5.41, 5.74) is -1.37. The summed E-state index contributed by atoms with van der Waals surface area (Å²) < 4.78 is 46.0. The van der Waals surface area contributed by atoms with Gasteiger partial charge in [0.15, 0.2) is 0 Å². The molecular weight excluding hydrogens is 321 g/mol. The molecule has 0 spiro atoms. The van der Waals surface area contributed by atoms with Gasteiger partial charge in [-0.15, -0.1) is 0 Å². The molecule has 0 bridgehead atoms. The first-order valence-electron chi connectivity index (χ1n) is 6.17. The van der Waals surface area contributed by atoms with E-state index in [1.165, 1.54) is 0 Å². The van der Waals surface area contributed by atoms with Crippen LogP contribution in [0.25, 0.3) is 0 Å². The smallest absolute Gasteiger partial charge is 0.433 e. The van der Waals surface area contributed by atoms with Gasteiger partial charge in [-0.3, -0.25) is 14.6 Å². The summed E-state index contributed by atoms with van der Waals surface area (Å²) in [7, 11) is 2.15. The summed E-state index contributed by atoms with van der Waals surface area (Å²) in [4.78, 5) is 37.7. The molecule has 1 atom stereocenters. The van der Waals surface area contributed by atoms with E-state index in [0.29, 0.717) is 12.3 Å². The molecule has 7 nitrogen and oxygen atoms in total. The maximum atomic E-state index is 12.4. The molecule has 1 aromatic rings. The average molecular weight is 334 g/mol. The number of hydrogen-bond acceptors (Lipinski definition) is 6. The van der Waals surface area contributed by atoms with Crippen molar-refractivity contribution in [1.29, 1.82) is 0 Å². The maximum absolute atomic E-state index is 12.4. The molecule has 0 radical (unpaired) electrons. The van der Waals surface area contributed by atoms with Crippen molar-refractivity contribution in [3.05, 3.63) is 29.6 Å². The van der Waals surface area contributed by atoms with Gasteiger partial charge < -0.3 is 14.8 Å². The van der Waals surface area contributed by atoms with E-state index < -0.39 is 42.2 Å². The first kappa shape index (κ1) is 18.4. The van der Waals surface area contributed by atoms with Gasteiger partial charge in [0.2, 0.25) is 0 Å². The standard InChI is InChI=1S/C13H13F3N2O5/c1-22-10(19)5-8(12(21)23-2)18-11(20)7-3-4-9(17-6-7)13(14,15)16/h3-4,6,8H,5H2,1-2H3,(H,18,20)/t8-/m0/s1. The first-order chi connectivity index (χ1) is 10.7. The molecule has 10 heteroatoms. The Morgan fingerprint density at radius 2 is 1.87 bits per heavy atom. The lowest BCUT2D eigenvalue weighted by molar-refractivity contribution is -0.149. The number of amides is 1. The van der Waals surface area contributed by atoms with Crippen LogP contribution in [0.2, 0.25) is 0 Å². The lowest BCUT2D eigenvalue weighted by atomic mass is 10.1.